The minimum absolute atomic E-state index is 0. The fraction of sp³-hybridized carbons (Fsp3) is 0.158. The molecule has 0 saturated heterocycles. The van der Waals surface area contributed by atoms with Gasteiger partial charge in [-0.1, -0.05) is 12.5 Å². The topological polar surface area (TPSA) is 49.7 Å². The van der Waals surface area contributed by atoms with E-state index < -0.39 is 0 Å². The van der Waals surface area contributed by atoms with Gasteiger partial charge < -0.3 is 14.9 Å². The van der Waals surface area contributed by atoms with E-state index in [0.29, 0.717) is 23.5 Å². The predicted molar refractivity (Wildman–Crippen MR) is 84.4 cm³/mol. The molecule has 2 aromatic carbocycles. The summed E-state index contributed by atoms with van der Waals surface area (Å²) in [6.45, 7) is 2.58. The van der Waals surface area contributed by atoms with Crippen molar-refractivity contribution in [3.63, 3.8) is 0 Å². The second kappa shape index (κ2) is 9.79. The minimum atomic E-state index is 0. The van der Waals surface area contributed by atoms with Crippen LogP contribution in [0, 0.1) is 86.4 Å². The molecule has 2 aromatic rings. The molecule has 0 spiro atoms. The normalized spacial score (nSPS) is 15.6. The van der Waals surface area contributed by atoms with Gasteiger partial charge in [-0.05, 0) is 5.75 Å². The van der Waals surface area contributed by atoms with Gasteiger partial charge in [0, 0.05) is 37.0 Å². The van der Waals surface area contributed by atoms with Crippen molar-refractivity contribution in [1.29, 1.82) is 0 Å². The summed E-state index contributed by atoms with van der Waals surface area (Å²) in [6.07, 6.45) is 8.68. The third kappa shape index (κ3) is 5.47. The standard InChI is InChI=1S/C19H15O3.2U/c1-13-5-8-16-9-15(11-18(21)19(16)22-12-13)7-6-14-3-2-4-17(20)10-14;;/h3-5,7-8,10-11,13,20-21H,12H2,1H3;;/q-3;;+2. The summed E-state index contributed by atoms with van der Waals surface area (Å²) in [7, 11) is 0. The van der Waals surface area contributed by atoms with Crippen LogP contribution < -0.4 is 4.74 Å². The van der Waals surface area contributed by atoms with Gasteiger partial charge in [0.2, 0.25) is 0 Å². The molecular formula is C19H15O3U2-. The fourth-order valence-electron chi connectivity index (χ4n) is 2.18. The number of hydrogen-bond acceptors (Lipinski definition) is 3. The van der Waals surface area contributed by atoms with Crippen molar-refractivity contribution < 1.29 is 77.2 Å². The van der Waals surface area contributed by atoms with Gasteiger partial charge in [0.25, 0.3) is 0 Å². The van der Waals surface area contributed by atoms with Crippen LogP contribution in [-0.4, -0.2) is 16.8 Å². The summed E-state index contributed by atoms with van der Waals surface area (Å²) in [4.78, 5) is 0. The molecule has 1 aliphatic heterocycles. The van der Waals surface area contributed by atoms with E-state index in [1.165, 1.54) is 6.07 Å². The van der Waals surface area contributed by atoms with E-state index in [4.69, 9.17) is 4.74 Å². The van der Waals surface area contributed by atoms with Crippen LogP contribution in [0.5, 0.6) is 17.2 Å². The number of phenols is 2. The third-order valence-electron chi connectivity index (χ3n) is 3.30. The zero-order valence-electron chi connectivity index (χ0n) is 13.1. The zero-order valence-corrected chi connectivity index (χ0v) is 21.5. The Balaban J connectivity index is 0.00000144. The molecular weight excluding hydrogens is 752 g/mol. The van der Waals surface area contributed by atoms with Crippen molar-refractivity contribution in [2.45, 2.75) is 6.92 Å². The van der Waals surface area contributed by atoms with E-state index in [-0.39, 0.29) is 79.6 Å². The van der Waals surface area contributed by atoms with Crippen molar-refractivity contribution in [1.82, 2.24) is 0 Å². The molecule has 0 saturated carbocycles. The third-order valence-corrected chi connectivity index (χ3v) is 3.30. The van der Waals surface area contributed by atoms with Gasteiger partial charge in [-0.3, -0.25) is 17.7 Å². The number of fused-ring (bicyclic) bond motifs is 1. The Morgan fingerprint density at radius 2 is 2.08 bits per heavy atom. The molecule has 1 aliphatic rings. The zero-order chi connectivity index (χ0) is 15.5. The van der Waals surface area contributed by atoms with Crippen LogP contribution in [0.25, 0.3) is 12.2 Å². The number of phenolic OH excluding ortho intramolecular Hbond substituents is 2. The van der Waals surface area contributed by atoms with Gasteiger partial charge in [-0.25, -0.2) is 18.2 Å². The first-order valence-corrected chi connectivity index (χ1v) is 7.02. The summed E-state index contributed by atoms with van der Waals surface area (Å²) in [5, 5.41) is 19.5. The van der Waals surface area contributed by atoms with Crippen LogP contribution in [0.15, 0.2) is 30.3 Å². The van der Waals surface area contributed by atoms with E-state index in [0.717, 1.165) is 5.56 Å². The average Bonchev–Trinajstić information content (AvgIpc) is 2.68. The van der Waals surface area contributed by atoms with Crippen LogP contribution in [0.4, 0.5) is 0 Å². The van der Waals surface area contributed by atoms with Gasteiger partial charge in [0.05, 0.1) is 18.1 Å². The average molecular weight is 767 g/mol. The fourth-order valence-corrected chi connectivity index (χ4v) is 2.18. The Labute approximate surface area is 189 Å². The Hall–Kier alpha value is -0.576. The molecule has 0 bridgehead atoms. The monoisotopic (exact) mass is 767 g/mol. The first kappa shape index (κ1) is 21.5. The summed E-state index contributed by atoms with van der Waals surface area (Å²) in [6, 6.07) is 12.4. The van der Waals surface area contributed by atoms with Gasteiger partial charge in [0.15, 0.2) is 0 Å². The van der Waals surface area contributed by atoms with Gasteiger partial charge in [-0.2, -0.15) is 17.7 Å². The number of hydrogen-bond donors (Lipinski definition) is 2. The second-order valence-corrected chi connectivity index (χ2v) is 5.27. The molecule has 0 aliphatic carbocycles. The maximum atomic E-state index is 10.1. The first-order valence-electron chi connectivity index (χ1n) is 7.02. The molecule has 3 rings (SSSR count). The molecule has 0 radical (unpaired) electrons. The molecule has 1 heterocycles. The van der Waals surface area contributed by atoms with Crippen LogP contribution in [-0.2, 0) is 0 Å². The maximum Gasteiger partial charge on any atom is 2.00 e. The molecule has 118 valence electrons. The smallest absolute Gasteiger partial charge is 0.575 e. The van der Waals surface area contributed by atoms with Gasteiger partial charge in [0.1, 0.15) is 0 Å². The van der Waals surface area contributed by atoms with Gasteiger partial charge in [-0.15, -0.1) is 18.2 Å². The van der Waals surface area contributed by atoms with Crippen LogP contribution in [0.2, 0.25) is 0 Å². The SMILES string of the molecule is CC1C=Cc2[c-]c(C=[C-]c3c[c-]cc(O)c3)cc(O)c2OC1.[U+2].[U]. The number of aromatic hydroxyl groups is 2. The number of rotatable bonds is 2. The molecule has 0 aromatic heterocycles. The first-order chi connectivity index (χ1) is 10.6. The molecule has 5 heteroatoms. The molecule has 3 nitrogen and oxygen atoms in total. The van der Waals surface area contributed by atoms with E-state index in [1.807, 2.05) is 19.1 Å². The van der Waals surface area contributed by atoms with Crippen molar-refractivity contribution in [2.75, 3.05) is 6.61 Å². The largest absolute Gasteiger partial charge is 2.00 e. The van der Waals surface area contributed by atoms with Gasteiger partial charge >= 0.3 is 31.1 Å². The Bertz CT molecular complexity index is 754. The van der Waals surface area contributed by atoms with Crippen molar-refractivity contribution >= 4 is 12.2 Å². The van der Waals surface area contributed by atoms with Crippen LogP contribution in [0.3, 0.4) is 0 Å². The van der Waals surface area contributed by atoms with Crippen LogP contribution >= 0.6 is 0 Å². The van der Waals surface area contributed by atoms with E-state index >= 15 is 0 Å². The van der Waals surface area contributed by atoms with Crippen molar-refractivity contribution in [3.05, 3.63) is 65.2 Å². The van der Waals surface area contributed by atoms with Crippen LogP contribution in [0.1, 0.15) is 23.6 Å². The molecule has 0 amide bonds. The molecule has 0 fully saturated rings. The quantitative estimate of drug-likeness (QED) is 0.363. The number of ether oxygens (including phenoxy) is 1. The van der Waals surface area contributed by atoms with E-state index in [2.05, 4.69) is 18.2 Å². The second-order valence-electron chi connectivity index (χ2n) is 5.27. The molecule has 1 unspecified atom stereocenters. The summed E-state index contributed by atoms with van der Waals surface area (Å²) < 4.78 is 5.61. The Kier molecular flexibility index (Phi) is 8.76. The summed E-state index contributed by atoms with van der Waals surface area (Å²) in [5.41, 5.74) is 2.10. The Morgan fingerprint density at radius 1 is 1.29 bits per heavy atom. The summed E-state index contributed by atoms with van der Waals surface area (Å²) >= 11 is 0. The minimum Gasteiger partial charge on any atom is -0.575 e. The summed E-state index contributed by atoms with van der Waals surface area (Å²) in [5.74, 6) is 0.970. The number of benzene rings is 2. The molecule has 1 atom stereocenters. The van der Waals surface area contributed by atoms with Crippen molar-refractivity contribution in [3.8, 4) is 17.2 Å². The molecule has 2 N–H and O–H groups in total. The van der Waals surface area contributed by atoms with E-state index in [9.17, 15) is 10.2 Å². The van der Waals surface area contributed by atoms with Crippen molar-refractivity contribution in [2.24, 2.45) is 5.92 Å². The predicted octanol–water partition coefficient (Wildman–Crippen LogP) is 3.60. The van der Waals surface area contributed by atoms with E-state index in [1.54, 1.807) is 24.3 Å². The molecule has 24 heavy (non-hydrogen) atoms. The maximum absolute atomic E-state index is 10.1. The Morgan fingerprint density at radius 3 is 2.83 bits per heavy atom.